The molecule has 1 aliphatic carbocycles. The van der Waals surface area contributed by atoms with Gasteiger partial charge in [-0.25, -0.2) is 9.97 Å². The molecule has 1 aliphatic rings. The van der Waals surface area contributed by atoms with Crippen LogP contribution >= 0.6 is 11.3 Å². The van der Waals surface area contributed by atoms with Crippen molar-refractivity contribution in [2.45, 2.75) is 44.8 Å². The number of phenols is 1. The third-order valence-electron chi connectivity index (χ3n) is 4.82. The number of rotatable bonds is 4. The zero-order valence-electron chi connectivity index (χ0n) is 14.1. The predicted molar refractivity (Wildman–Crippen MR) is 100 cm³/mol. The Morgan fingerprint density at radius 2 is 1.88 bits per heavy atom. The zero-order valence-corrected chi connectivity index (χ0v) is 14.9. The summed E-state index contributed by atoms with van der Waals surface area (Å²) >= 11 is 1.77. The molecule has 130 valence electrons. The second-order valence-electron chi connectivity index (χ2n) is 6.58. The molecule has 25 heavy (non-hydrogen) atoms. The third-order valence-corrected chi connectivity index (χ3v) is 6.02. The first-order valence-corrected chi connectivity index (χ1v) is 9.44. The molecule has 5 nitrogen and oxygen atoms in total. The van der Waals surface area contributed by atoms with Crippen LogP contribution in [-0.4, -0.2) is 26.2 Å². The summed E-state index contributed by atoms with van der Waals surface area (Å²) in [6.07, 6.45) is 5.55. The van der Waals surface area contributed by atoms with Gasteiger partial charge in [0.05, 0.1) is 17.5 Å². The Bertz CT molecular complexity index is 892. The van der Waals surface area contributed by atoms with Crippen molar-refractivity contribution in [3.8, 4) is 5.75 Å². The van der Waals surface area contributed by atoms with Crippen LogP contribution in [0.15, 0.2) is 30.6 Å². The van der Waals surface area contributed by atoms with E-state index in [1.165, 1.54) is 23.3 Å². The van der Waals surface area contributed by atoms with Crippen LogP contribution in [-0.2, 0) is 12.8 Å². The van der Waals surface area contributed by atoms with E-state index in [9.17, 15) is 10.2 Å². The van der Waals surface area contributed by atoms with E-state index in [-0.39, 0.29) is 11.8 Å². The molecule has 0 saturated heterocycles. The number of phenolic OH excluding ortho intramolecular Hbond substituents is 1. The Hall–Kier alpha value is -2.18. The molecule has 2 atom stereocenters. The number of aliphatic hydroxyl groups is 1. The van der Waals surface area contributed by atoms with Gasteiger partial charge >= 0.3 is 0 Å². The fraction of sp³-hybridized carbons (Fsp3) is 0.368. The van der Waals surface area contributed by atoms with Gasteiger partial charge in [-0.1, -0.05) is 12.1 Å². The lowest BCUT2D eigenvalue weighted by atomic mass is 9.97. The van der Waals surface area contributed by atoms with Gasteiger partial charge in [0.15, 0.2) is 0 Å². The van der Waals surface area contributed by atoms with Crippen LogP contribution in [0.2, 0.25) is 0 Å². The number of fused-ring (bicyclic) bond motifs is 3. The van der Waals surface area contributed by atoms with E-state index in [0.29, 0.717) is 0 Å². The molecule has 6 heteroatoms. The van der Waals surface area contributed by atoms with Crippen molar-refractivity contribution in [2.24, 2.45) is 0 Å². The summed E-state index contributed by atoms with van der Waals surface area (Å²) in [4.78, 5) is 11.3. The van der Waals surface area contributed by atoms with Crippen LogP contribution in [0.5, 0.6) is 5.75 Å². The fourth-order valence-electron chi connectivity index (χ4n) is 3.45. The smallest absolute Gasteiger partial charge is 0.138 e. The number of aliphatic hydroxyl groups excluding tert-OH is 1. The van der Waals surface area contributed by atoms with Crippen molar-refractivity contribution in [3.63, 3.8) is 0 Å². The van der Waals surface area contributed by atoms with E-state index >= 15 is 0 Å². The van der Waals surface area contributed by atoms with Gasteiger partial charge in [-0.2, -0.15) is 0 Å². The lowest BCUT2D eigenvalue weighted by molar-refractivity contribution is 0.160. The molecule has 0 spiro atoms. The summed E-state index contributed by atoms with van der Waals surface area (Å²) < 4.78 is 0. The van der Waals surface area contributed by atoms with Gasteiger partial charge in [-0.15, -0.1) is 11.3 Å². The second kappa shape index (κ2) is 6.61. The zero-order chi connectivity index (χ0) is 17.4. The summed E-state index contributed by atoms with van der Waals surface area (Å²) in [7, 11) is 0. The number of nitrogens with one attached hydrogen (secondary N) is 1. The number of anilines is 1. The van der Waals surface area contributed by atoms with Crippen molar-refractivity contribution < 1.29 is 10.2 Å². The highest BCUT2D eigenvalue weighted by molar-refractivity contribution is 7.19. The third kappa shape index (κ3) is 3.07. The van der Waals surface area contributed by atoms with Crippen LogP contribution in [0.25, 0.3) is 10.2 Å². The van der Waals surface area contributed by atoms with E-state index in [1.807, 2.05) is 6.92 Å². The SMILES string of the molecule is CC(Nc1ncnc2sc3c(c12)CCCC3)C(O)c1ccc(O)cc1. The molecule has 0 aliphatic heterocycles. The minimum Gasteiger partial charge on any atom is -0.508 e. The number of aryl methyl sites for hydroxylation is 2. The van der Waals surface area contributed by atoms with Gasteiger partial charge in [0.25, 0.3) is 0 Å². The predicted octanol–water partition coefficient (Wildman–Crippen LogP) is 3.81. The number of nitrogens with zero attached hydrogens (tertiary/aromatic N) is 2. The Balaban J connectivity index is 1.63. The molecule has 2 aromatic heterocycles. The van der Waals surface area contributed by atoms with Crippen molar-refractivity contribution in [3.05, 3.63) is 46.6 Å². The number of aromatic nitrogens is 2. The summed E-state index contributed by atoms with van der Waals surface area (Å²) in [5.41, 5.74) is 2.14. The van der Waals surface area contributed by atoms with Crippen molar-refractivity contribution in [1.29, 1.82) is 0 Å². The Labute approximate surface area is 150 Å². The van der Waals surface area contributed by atoms with Crippen LogP contribution in [0, 0.1) is 0 Å². The summed E-state index contributed by atoms with van der Waals surface area (Å²) in [5.74, 6) is 0.994. The minimum atomic E-state index is -0.694. The molecule has 0 saturated carbocycles. The van der Waals surface area contributed by atoms with E-state index in [4.69, 9.17) is 0 Å². The summed E-state index contributed by atoms with van der Waals surface area (Å²) in [6, 6.07) is 6.43. The van der Waals surface area contributed by atoms with E-state index in [2.05, 4.69) is 15.3 Å². The molecule has 3 aromatic rings. The number of hydrogen-bond donors (Lipinski definition) is 3. The number of aromatic hydroxyl groups is 1. The first-order chi connectivity index (χ1) is 12.1. The molecule has 3 N–H and O–H groups in total. The van der Waals surface area contributed by atoms with Gasteiger partial charge in [-0.05, 0) is 55.9 Å². The maximum absolute atomic E-state index is 10.6. The van der Waals surface area contributed by atoms with E-state index in [0.717, 1.165) is 34.4 Å². The molecule has 0 radical (unpaired) electrons. The minimum absolute atomic E-state index is 0.193. The first kappa shape index (κ1) is 16.3. The maximum atomic E-state index is 10.6. The number of thiophene rings is 1. The lowest BCUT2D eigenvalue weighted by Gasteiger charge is -2.22. The molecule has 4 rings (SSSR count). The largest absolute Gasteiger partial charge is 0.508 e. The monoisotopic (exact) mass is 355 g/mol. The number of hydrogen-bond acceptors (Lipinski definition) is 6. The highest BCUT2D eigenvalue weighted by Gasteiger charge is 2.22. The van der Waals surface area contributed by atoms with E-state index < -0.39 is 6.10 Å². The van der Waals surface area contributed by atoms with Crippen LogP contribution in [0.4, 0.5) is 5.82 Å². The quantitative estimate of drug-likeness (QED) is 0.663. The fourth-order valence-corrected chi connectivity index (χ4v) is 4.68. The van der Waals surface area contributed by atoms with Crippen LogP contribution < -0.4 is 5.32 Å². The highest BCUT2D eigenvalue weighted by Crippen LogP contribution is 2.38. The molecule has 2 unspecified atom stereocenters. The molecule has 0 fully saturated rings. The summed E-state index contributed by atoms with van der Waals surface area (Å²) in [6.45, 7) is 1.93. The van der Waals surface area contributed by atoms with Gasteiger partial charge in [0.2, 0.25) is 0 Å². The average Bonchev–Trinajstić information content (AvgIpc) is 3.01. The van der Waals surface area contributed by atoms with E-state index in [1.54, 1.807) is 41.9 Å². The second-order valence-corrected chi connectivity index (χ2v) is 7.67. The average molecular weight is 355 g/mol. The van der Waals surface area contributed by atoms with Crippen molar-refractivity contribution in [2.75, 3.05) is 5.32 Å². The summed E-state index contributed by atoms with van der Waals surface area (Å²) in [5, 5.41) is 24.5. The molecule has 2 heterocycles. The molecule has 0 amide bonds. The standard InChI is InChI=1S/C19H21N3O2S/c1-11(17(24)12-6-8-13(23)9-7-12)22-18-16-14-4-2-3-5-15(14)25-19(16)21-10-20-18/h6-11,17,23-24H,2-5H2,1H3,(H,20,21,22). The normalized spacial score (nSPS) is 16.4. The van der Waals surface area contributed by atoms with Gasteiger partial charge in [0, 0.05) is 4.88 Å². The Morgan fingerprint density at radius 1 is 1.12 bits per heavy atom. The lowest BCUT2D eigenvalue weighted by Crippen LogP contribution is -2.24. The van der Waals surface area contributed by atoms with Gasteiger partial charge in [-0.3, -0.25) is 0 Å². The van der Waals surface area contributed by atoms with Crippen molar-refractivity contribution in [1.82, 2.24) is 9.97 Å². The van der Waals surface area contributed by atoms with Gasteiger partial charge in [0.1, 0.15) is 22.7 Å². The Kier molecular flexibility index (Phi) is 4.31. The molecule has 0 bridgehead atoms. The first-order valence-electron chi connectivity index (χ1n) is 8.62. The van der Waals surface area contributed by atoms with Crippen LogP contribution in [0.1, 0.15) is 41.9 Å². The van der Waals surface area contributed by atoms with Gasteiger partial charge < -0.3 is 15.5 Å². The molecule has 1 aromatic carbocycles. The molecular formula is C19H21N3O2S. The van der Waals surface area contributed by atoms with Crippen molar-refractivity contribution >= 4 is 27.4 Å². The number of benzene rings is 1. The molecular weight excluding hydrogens is 334 g/mol. The highest BCUT2D eigenvalue weighted by atomic mass is 32.1. The maximum Gasteiger partial charge on any atom is 0.138 e. The Morgan fingerprint density at radius 3 is 2.68 bits per heavy atom. The topological polar surface area (TPSA) is 78.3 Å². The van der Waals surface area contributed by atoms with Crippen LogP contribution in [0.3, 0.4) is 0 Å².